The predicted molar refractivity (Wildman–Crippen MR) is 74.6 cm³/mol. The lowest BCUT2D eigenvalue weighted by Crippen LogP contribution is -2.32. The molecular weight excluding hydrogens is 266 g/mol. The Balaban J connectivity index is 1.97. The first-order chi connectivity index (χ1) is 9.10. The molecule has 0 bridgehead atoms. The van der Waals surface area contributed by atoms with Crippen LogP contribution in [-0.2, 0) is 4.74 Å². The number of halogens is 1. The van der Waals surface area contributed by atoms with Crippen molar-refractivity contribution >= 4 is 23.3 Å². The number of rotatable bonds is 4. The Morgan fingerprint density at radius 3 is 3.00 bits per heavy atom. The molecular formula is C13H18ClN3O2. The Labute approximate surface area is 117 Å². The molecule has 2 heterocycles. The number of carbonyl (C=O) groups is 1. The van der Waals surface area contributed by atoms with Crippen LogP contribution >= 0.6 is 11.6 Å². The molecule has 2 rings (SSSR count). The molecule has 5 nitrogen and oxygen atoms in total. The fraction of sp³-hybridized carbons (Fsp3) is 0.538. The third-order valence-corrected chi connectivity index (χ3v) is 3.56. The van der Waals surface area contributed by atoms with E-state index in [1.807, 2.05) is 6.92 Å². The number of pyridine rings is 1. The van der Waals surface area contributed by atoms with Crippen molar-refractivity contribution in [2.24, 2.45) is 5.92 Å². The highest BCUT2D eigenvalue weighted by molar-refractivity contribution is 6.29. The van der Waals surface area contributed by atoms with Crippen molar-refractivity contribution in [1.82, 2.24) is 10.3 Å². The Morgan fingerprint density at radius 2 is 2.37 bits per heavy atom. The lowest BCUT2D eigenvalue weighted by atomic mass is 10.0. The zero-order valence-electron chi connectivity index (χ0n) is 11.1. The van der Waals surface area contributed by atoms with Crippen molar-refractivity contribution in [2.45, 2.75) is 19.4 Å². The van der Waals surface area contributed by atoms with Crippen molar-refractivity contribution in [3.8, 4) is 0 Å². The lowest BCUT2D eigenvalue weighted by Gasteiger charge is -2.15. The van der Waals surface area contributed by atoms with Crippen LogP contribution < -0.4 is 10.6 Å². The molecule has 1 amide bonds. The first-order valence-electron chi connectivity index (χ1n) is 6.35. The van der Waals surface area contributed by atoms with Crippen LogP contribution in [0.25, 0.3) is 0 Å². The number of hydrogen-bond acceptors (Lipinski definition) is 4. The van der Waals surface area contributed by atoms with Crippen LogP contribution in [0.3, 0.4) is 0 Å². The van der Waals surface area contributed by atoms with Crippen molar-refractivity contribution in [3.63, 3.8) is 0 Å². The van der Waals surface area contributed by atoms with Crippen molar-refractivity contribution < 1.29 is 9.53 Å². The van der Waals surface area contributed by atoms with Gasteiger partial charge in [-0.1, -0.05) is 11.6 Å². The van der Waals surface area contributed by atoms with Gasteiger partial charge in [-0.15, -0.1) is 0 Å². The van der Waals surface area contributed by atoms with E-state index >= 15 is 0 Å². The molecule has 104 valence electrons. The third kappa shape index (κ3) is 3.58. The summed E-state index contributed by atoms with van der Waals surface area (Å²) >= 11 is 5.87. The Kier molecular flexibility index (Phi) is 4.61. The molecule has 0 aliphatic carbocycles. The van der Waals surface area contributed by atoms with E-state index in [-0.39, 0.29) is 12.0 Å². The first-order valence-corrected chi connectivity index (χ1v) is 6.73. The molecule has 2 unspecified atom stereocenters. The van der Waals surface area contributed by atoms with Crippen LogP contribution in [0.5, 0.6) is 0 Å². The highest BCUT2D eigenvalue weighted by atomic mass is 35.5. The van der Waals surface area contributed by atoms with Gasteiger partial charge >= 0.3 is 0 Å². The molecule has 1 fully saturated rings. The fourth-order valence-corrected chi connectivity index (χ4v) is 2.33. The van der Waals surface area contributed by atoms with E-state index in [1.165, 1.54) is 0 Å². The number of amides is 1. The number of carbonyl (C=O) groups excluding carboxylic acids is 1. The number of aromatic nitrogens is 1. The Morgan fingerprint density at radius 1 is 1.58 bits per heavy atom. The minimum Gasteiger partial charge on any atom is -0.378 e. The first kappa shape index (κ1) is 14.1. The third-order valence-electron chi connectivity index (χ3n) is 3.37. The normalized spacial score (nSPS) is 22.3. The fourth-order valence-electron chi connectivity index (χ4n) is 2.13. The van der Waals surface area contributed by atoms with E-state index in [0.717, 1.165) is 13.0 Å². The van der Waals surface area contributed by atoms with Crippen LogP contribution in [0.4, 0.5) is 5.82 Å². The molecule has 0 spiro atoms. The van der Waals surface area contributed by atoms with Gasteiger partial charge in [-0.3, -0.25) is 4.79 Å². The average molecular weight is 284 g/mol. The van der Waals surface area contributed by atoms with E-state index in [4.69, 9.17) is 16.3 Å². The van der Waals surface area contributed by atoms with E-state index in [0.29, 0.717) is 29.0 Å². The van der Waals surface area contributed by atoms with Gasteiger partial charge in [0.15, 0.2) is 0 Å². The zero-order chi connectivity index (χ0) is 13.8. The summed E-state index contributed by atoms with van der Waals surface area (Å²) in [5, 5.41) is 6.09. The highest BCUT2D eigenvalue weighted by Crippen LogP contribution is 2.20. The van der Waals surface area contributed by atoms with Crippen LogP contribution in [0.2, 0.25) is 5.15 Å². The number of hydrogen-bond donors (Lipinski definition) is 2. The summed E-state index contributed by atoms with van der Waals surface area (Å²) in [7, 11) is 1.73. The maximum Gasteiger partial charge on any atom is 0.251 e. The Bertz CT molecular complexity index is 467. The van der Waals surface area contributed by atoms with E-state index < -0.39 is 0 Å². The van der Waals surface area contributed by atoms with E-state index in [1.54, 1.807) is 19.2 Å². The van der Waals surface area contributed by atoms with Crippen LogP contribution in [0.15, 0.2) is 12.1 Å². The van der Waals surface area contributed by atoms with E-state index in [2.05, 4.69) is 15.6 Å². The number of ether oxygens (including phenoxy) is 1. The van der Waals surface area contributed by atoms with Crippen molar-refractivity contribution in [3.05, 3.63) is 22.8 Å². The summed E-state index contributed by atoms with van der Waals surface area (Å²) in [4.78, 5) is 16.1. The van der Waals surface area contributed by atoms with Gasteiger partial charge in [0, 0.05) is 31.7 Å². The van der Waals surface area contributed by atoms with Crippen molar-refractivity contribution in [2.75, 3.05) is 25.5 Å². The average Bonchev–Trinajstić information content (AvgIpc) is 2.80. The molecule has 1 saturated heterocycles. The molecule has 1 aromatic heterocycles. The molecule has 0 saturated carbocycles. The van der Waals surface area contributed by atoms with Gasteiger partial charge < -0.3 is 15.4 Å². The van der Waals surface area contributed by atoms with Gasteiger partial charge in [-0.2, -0.15) is 0 Å². The molecule has 2 atom stereocenters. The Hall–Kier alpha value is -1.33. The molecule has 6 heteroatoms. The minimum atomic E-state index is -0.139. The molecule has 1 aliphatic rings. The molecule has 2 N–H and O–H groups in total. The minimum absolute atomic E-state index is 0.139. The van der Waals surface area contributed by atoms with Gasteiger partial charge in [0.1, 0.15) is 11.0 Å². The van der Waals surface area contributed by atoms with Gasteiger partial charge in [0.05, 0.1) is 6.10 Å². The van der Waals surface area contributed by atoms with Gasteiger partial charge in [-0.25, -0.2) is 4.98 Å². The summed E-state index contributed by atoms with van der Waals surface area (Å²) in [6, 6.07) is 3.24. The smallest absolute Gasteiger partial charge is 0.251 e. The highest BCUT2D eigenvalue weighted by Gasteiger charge is 2.24. The zero-order valence-corrected chi connectivity index (χ0v) is 11.8. The number of nitrogens with zero attached hydrogens (tertiary/aromatic N) is 1. The summed E-state index contributed by atoms with van der Waals surface area (Å²) in [6.45, 7) is 3.42. The van der Waals surface area contributed by atoms with E-state index in [9.17, 15) is 4.79 Å². The molecule has 0 aromatic carbocycles. The summed E-state index contributed by atoms with van der Waals surface area (Å²) < 4.78 is 5.47. The molecule has 1 aromatic rings. The number of nitrogens with one attached hydrogen (secondary N) is 2. The maximum absolute atomic E-state index is 12.1. The molecule has 19 heavy (non-hydrogen) atoms. The summed E-state index contributed by atoms with van der Waals surface area (Å²) in [5.74, 6) is 0.820. The second kappa shape index (κ2) is 6.21. The SMILES string of the molecule is CNc1cc(C(=O)NCC2CCOC2C)cc(Cl)n1. The summed E-state index contributed by atoms with van der Waals surface area (Å²) in [5.41, 5.74) is 0.510. The lowest BCUT2D eigenvalue weighted by molar-refractivity contribution is 0.0907. The topological polar surface area (TPSA) is 63.2 Å². The van der Waals surface area contributed by atoms with Gasteiger partial charge in [0.25, 0.3) is 5.91 Å². The van der Waals surface area contributed by atoms with Gasteiger partial charge in [-0.05, 0) is 25.5 Å². The second-order valence-corrected chi connectivity index (χ2v) is 5.04. The number of anilines is 1. The van der Waals surface area contributed by atoms with Crippen LogP contribution in [0, 0.1) is 5.92 Å². The summed E-state index contributed by atoms with van der Waals surface area (Å²) in [6.07, 6.45) is 1.19. The second-order valence-electron chi connectivity index (χ2n) is 4.65. The van der Waals surface area contributed by atoms with Crippen LogP contribution in [-0.4, -0.2) is 37.2 Å². The quantitative estimate of drug-likeness (QED) is 0.829. The van der Waals surface area contributed by atoms with Gasteiger partial charge in [0.2, 0.25) is 0 Å². The standard InChI is InChI=1S/C13H18ClN3O2/c1-8-9(3-4-19-8)7-16-13(18)10-5-11(14)17-12(6-10)15-2/h5-6,8-9H,3-4,7H2,1-2H3,(H,15,17)(H,16,18). The van der Waals surface area contributed by atoms with Crippen LogP contribution in [0.1, 0.15) is 23.7 Å². The largest absolute Gasteiger partial charge is 0.378 e. The predicted octanol–water partition coefficient (Wildman–Crippen LogP) is 1.93. The molecule has 0 radical (unpaired) electrons. The maximum atomic E-state index is 12.1. The van der Waals surface area contributed by atoms with Crippen molar-refractivity contribution in [1.29, 1.82) is 0 Å². The monoisotopic (exact) mass is 283 g/mol. The molecule has 1 aliphatic heterocycles.